The molecule has 2 aliphatic heterocycles. The number of ether oxygens (including phenoxy) is 1. The van der Waals surface area contributed by atoms with Gasteiger partial charge in [-0.15, -0.1) is 0 Å². The van der Waals surface area contributed by atoms with Crippen molar-refractivity contribution in [2.45, 2.75) is 44.4 Å². The molecule has 82 valence electrons. The van der Waals surface area contributed by atoms with Crippen molar-refractivity contribution in [2.75, 3.05) is 26.7 Å². The van der Waals surface area contributed by atoms with Crippen LogP contribution in [0.15, 0.2) is 0 Å². The molecule has 3 unspecified atom stereocenters. The Labute approximate surface area is 86.8 Å². The van der Waals surface area contributed by atoms with Crippen LogP contribution >= 0.6 is 0 Å². The molecule has 2 aliphatic rings. The van der Waals surface area contributed by atoms with Crippen LogP contribution in [0, 0.1) is 0 Å². The Kier molecular flexibility index (Phi) is 3.42. The smallest absolute Gasteiger partial charge is 0.0706 e. The summed E-state index contributed by atoms with van der Waals surface area (Å²) in [6, 6.07) is 0.703. The number of nitrogens with one attached hydrogen (secondary N) is 1. The van der Waals surface area contributed by atoms with E-state index >= 15 is 0 Å². The average Bonchev–Trinajstić information content (AvgIpc) is 2.76. The second kappa shape index (κ2) is 4.60. The lowest BCUT2D eigenvalue weighted by atomic mass is 10.2. The molecule has 3 nitrogen and oxygen atoms in total. The van der Waals surface area contributed by atoms with Gasteiger partial charge in [-0.25, -0.2) is 0 Å². The molecule has 0 saturated carbocycles. The predicted molar refractivity (Wildman–Crippen MR) is 57.5 cm³/mol. The summed E-state index contributed by atoms with van der Waals surface area (Å²) in [4.78, 5) is 2.53. The van der Waals surface area contributed by atoms with Crippen LogP contribution < -0.4 is 5.32 Å². The van der Waals surface area contributed by atoms with Gasteiger partial charge in [0.05, 0.1) is 12.2 Å². The van der Waals surface area contributed by atoms with Crippen LogP contribution in [0.3, 0.4) is 0 Å². The molecule has 0 amide bonds. The summed E-state index contributed by atoms with van der Waals surface area (Å²) in [5, 5.41) is 3.35. The van der Waals surface area contributed by atoms with E-state index in [0.29, 0.717) is 18.2 Å². The van der Waals surface area contributed by atoms with Crippen molar-refractivity contribution in [1.29, 1.82) is 0 Å². The topological polar surface area (TPSA) is 24.5 Å². The van der Waals surface area contributed by atoms with Gasteiger partial charge in [0.15, 0.2) is 0 Å². The van der Waals surface area contributed by atoms with Crippen LogP contribution in [0.4, 0.5) is 0 Å². The number of likely N-dealkylation sites (N-methyl/N-ethyl adjacent to an activating group) is 1. The van der Waals surface area contributed by atoms with Gasteiger partial charge in [-0.05, 0) is 39.8 Å². The molecule has 0 spiro atoms. The van der Waals surface area contributed by atoms with Crippen LogP contribution in [0.1, 0.15) is 26.2 Å². The van der Waals surface area contributed by atoms with Crippen LogP contribution in [0.2, 0.25) is 0 Å². The quantitative estimate of drug-likeness (QED) is 0.727. The molecule has 2 heterocycles. The van der Waals surface area contributed by atoms with Crippen molar-refractivity contribution in [1.82, 2.24) is 10.2 Å². The van der Waals surface area contributed by atoms with Crippen molar-refractivity contribution < 1.29 is 4.74 Å². The summed E-state index contributed by atoms with van der Waals surface area (Å²) >= 11 is 0. The SMILES string of the molecule is CNC1CCN(CC2CCC(C)O2)C1. The summed E-state index contributed by atoms with van der Waals surface area (Å²) in [5.74, 6) is 0. The van der Waals surface area contributed by atoms with E-state index in [9.17, 15) is 0 Å². The second-order valence-electron chi connectivity index (χ2n) is 4.68. The highest BCUT2D eigenvalue weighted by atomic mass is 16.5. The third kappa shape index (κ3) is 2.47. The van der Waals surface area contributed by atoms with Gasteiger partial charge >= 0.3 is 0 Å². The molecule has 0 aliphatic carbocycles. The first kappa shape index (κ1) is 10.4. The highest BCUT2D eigenvalue weighted by molar-refractivity contribution is 4.83. The molecule has 2 saturated heterocycles. The predicted octanol–water partition coefficient (Wildman–Crippen LogP) is 0.848. The van der Waals surface area contributed by atoms with E-state index < -0.39 is 0 Å². The van der Waals surface area contributed by atoms with Crippen molar-refractivity contribution in [3.8, 4) is 0 Å². The lowest BCUT2D eigenvalue weighted by molar-refractivity contribution is 0.0357. The van der Waals surface area contributed by atoms with Crippen LogP contribution in [0.5, 0.6) is 0 Å². The van der Waals surface area contributed by atoms with Crippen LogP contribution in [0.25, 0.3) is 0 Å². The van der Waals surface area contributed by atoms with Gasteiger partial charge in [0.2, 0.25) is 0 Å². The Morgan fingerprint density at radius 1 is 1.36 bits per heavy atom. The van der Waals surface area contributed by atoms with Gasteiger partial charge in [-0.3, -0.25) is 4.90 Å². The first-order valence-corrected chi connectivity index (χ1v) is 5.83. The van der Waals surface area contributed by atoms with E-state index in [1.165, 1.54) is 32.4 Å². The largest absolute Gasteiger partial charge is 0.374 e. The molecule has 3 heteroatoms. The van der Waals surface area contributed by atoms with Crippen molar-refractivity contribution >= 4 is 0 Å². The molecule has 1 N–H and O–H groups in total. The second-order valence-corrected chi connectivity index (χ2v) is 4.68. The highest BCUT2D eigenvalue weighted by Crippen LogP contribution is 2.21. The fourth-order valence-corrected chi connectivity index (χ4v) is 2.54. The molecule has 2 rings (SSSR count). The Hall–Kier alpha value is -0.120. The first-order chi connectivity index (χ1) is 6.78. The normalized spacial score (nSPS) is 39.4. The summed E-state index contributed by atoms with van der Waals surface area (Å²) in [6.07, 6.45) is 4.78. The third-order valence-corrected chi connectivity index (χ3v) is 3.46. The monoisotopic (exact) mass is 198 g/mol. The fraction of sp³-hybridized carbons (Fsp3) is 1.00. The van der Waals surface area contributed by atoms with Crippen molar-refractivity contribution in [3.05, 3.63) is 0 Å². The molecule has 3 atom stereocenters. The maximum atomic E-state index is 5.83. The summed E-state index contributed by atoms with van der Waals surface area (Å²) in [7, 11) is 2.06. The zero-order valence-corrected chi connectivity index (χ0v) is 9.33. The molecular formula is C11H22N2O. The van der Waals surface area contributed by atoms with E-state index in [1.54, 1.807) is 0 Å². The zero-order chi connectivity index (χ0) is 9.97. The molecule has 2 fully saturated rings. The molecule has 0 aromatic carbocycles. The van der Waals surface area contributed by atoms with Crippen LogP contribution in [-0.2, 0) is 4.74 Å². The number of hydrogen-bond acceptors (Lipinski definition) is 3. The number of hydrogen-bond donors (Lipinski definition) is 1. The van der Waals surface area contributed by atoms with E-state index in [2.05, 4.69) is 24.2 Å². The standard InChI is InChI=1S/C11H22N2O/c1-9-3-4-11(14-9)8-13-6-5-10(7-13)12-2/h9-12H,3-8H2,1-2H3. The zero-order valence-electron chi connectivity index (χ0n) is 9.33. The Bertz CT molecular complexity index is 186. The minimum atomic E-state index is 0.489. The van der Waals surface area contributed by atoms with E-state index in [1.807, 2.05) is 0 Å². The van der Waals surface area contributed by atoms with Gasteiger partial charge < -0.3 is 10.1 Å². The van der Waals surface area contributed by atoms with E-state index in [0.717, 1.165) is 6.54 Å². The van der Waals surface area contributed by atoms with Gasteiger partial charge in [-0.1, -0.05) is 0 Å². The van der Waals surface area contributed by atoms with E-state index in [4.69, 9.17) is 4.74 Å². The highest BCUT2D eigenvalue weighted by Gasteiger charge is 2.27. The first-order valence-electron chi connectivity index (χ1n) is 5.83. The fourth-order valence-electron chi connectivity index (χ4n) is 2.54. The number of rotatable bonds is 3. The van der Waals surface area contributed by atoms with Crippen molar-refractivity contribution in [2.24, 2.45) is 0 Å². The maximum absolute atomic E-state index is 5.83. The van der Waals surface area contributed by atoms with Gasteiger partial charge in [0.25, 0.3) is 0 Å². The van der Waals surface area contributed by atoms with Gasteiger partial charge in [0, 0.05) is 19.1 Å². The Balaban J connectivity index is 1.71. The van der Waals surface area contributed by atoms with Gasteiger partial charge in [0.1, 0.15) is 0 Å². The molecule has 0 aromatic rings. The summed E-state index contributed by atoms with van der Waals surface area (Å²) < 4.78 is 5.83. The van der Waals surface area contributed by atoms with E-state index in [-0.39, 0.29) is 0 Å². The Morgan fingerprint density at radius 3 is 2.79 bits per heavy atom. The summed E-state index contributed by atoms with van der Waals surface area (Å²) in [5.41, 5.74) is 0. The Morgan fingerprint density at radius 2 is 2.21 bits per heavy atom. The maximum Gasteiger partial charge on any atom is 0.0706 e. The minimum absolute atomic E-state index is 0.489. The lowest BCUT2D eigenvalue weighted by Crippen LogP contribution is -2.34. The molecule has 0 aromatic heterocycles. The number of nitrogens with zero attached hydrogens (tertiary/aromatic N) is 1. The number of likely N-dealkylation sites (tertiary alicyclic amines) is 1. The van der Waals surface area contributed by atoms with Crippen LogP contribution in [-0.4, -0.2) is 49.8 Å². The molecule has 14 heavy (non-hydrogen) atoms. The van der Waals surface area contributed by atoms with Gasteiger partial charge in [-0.2, -0.15) is 0 Å². The van der Waals surface area contributed by atoms with Crippen molar-refractivity contribution in [3.63, 3.8) is 0 Å². The lowest BCUT2D eigenvalue weighted by Gasteiger charge is -2.20. The molecular weight excluding hydrogens is 176 g/mol. The molecule has 0 bridgehead atoms. The minimum Gasteiger partial charge on any atom is -0.374 e. The molecule has 0 radical (unpaired) electrons. The average molecular weight is 198 g/mol. The third-order valence-electron chi connectivity index (χ3n) is 3.46. The summed E-state index contributed by atoms with van der Waals surface area (Å²) in [6.45, 7) is 5.76.